The molecule has 8 atom stereocenters. The van der Waals surface area contributed by atoms with Gasteiger partial charge in [0, 0.05) is 6.54 Å². The van der Waals surface area contributed by atoms with E-state index in [2.05, 4.69) is 22.1 Å². The summed E-state index contributed by atoms with van der Waals surface area (Å²) in [5, 5.41) is 27.0. The van der Waals surface area contributed by atoms with Crippen LogP contribution in [0.25, 0.3) is 0 Å². The number of phosphoric ester groups is 1. The summed E-state index contributed by atoms with van der Waals surface area (Å²) in [5.41, 5.74) is -0.847. The van der Waals surface area contributed by atoms with E-state index in [0.717, 1.165) is 44.0 Å². The average molecular weight is 485 g/mol. The molecule has 1 amide bonds. The molecule has 0 saturated carbocycles. The van der Waals surface area contributed by atoms with Crippen LogP contribution >= 0.6 is 19.6 Å². The van der Waals surface area contributed by atoms with Gasteiger partial charge in [0.05, 0.1) is 12.1 Å². The minimum absolute atomic E-state index is 0.0325. The highest BCUT2D eigenvalue weighted by atomic mass is 32.2. The highest BCUT2D eigenvalue weighted by Gasteiger charge is 2.47. The Balaban J connectivity index is 1.85. The van der Waals surface area contributed by atoms with Gasteiger partial charge in [-0.25, -0.2) is 4.57 Å². The van der Waals surface area contributed by atoms with Gasteiger partial charge in [-0.1, -0.05) is 26.7 Å². The van der Waals surface area contributed by atoms with E-state index in [-0.39, 0.29) is 17.9 Å². The van der Waals surface area contributed by atoms with Crippen LogP contribution in [0.1, 0.15) is 46.0 Å². The number of hydrogen-bond acceptors (Lipinski definition) is 8. The van der Waals surface area contributed by atoms with E-state index in [1.54, 1.807) is 6.26 Å². The summed E-state index contributed by atoms with van der Waals surface area (Å²) < 4.78 is 21.6. The van der Waals surface area contributed by atoms with Crippen molar-refractivity contribution in [2.75, 3.05) is 19.3 Å². The summed E-state index contributed by atoms with van der Waals surface area (Å²) in [6.07, 6.45) is 1.21. The second kappa shape index (κ2) is 12.3. The number of thioether (sulfide) groups is 1. The number of aliphatic hydroxyl groups is 2. The maximum absolute atomic E-state index is 12.5. The monoisotopic (exact) mass is 484 g/mol. The van der Waals surface area contributed by atoms with E-state index in [0.29, 0.717) is 18.9 Å². The number of nitrogens with one attached hydrogen (secondary N) is 2. The fourth-order valence-electron chi connectivity index (χ4n) is 4.31. The zero-order chi connectivity index (χ0) is 23.2. The molecule has 2 heterocycles. The SMILES string of the molecule is CCCC1CCNC(C(=O)NCC(C)CC2OC(SC)C(OP(=O)(O)O)C(O)C2O)C1. The molecule has 6 N–H and O–H groups in total. The van der Waals surface area contributed by atoms with Crippen LogP contribution in [0.2, 0.25) is 0 Å². The third kappa shape index (κ3) is 8.24. The molecule has 0 spiro atoms. The first-order valence-electron chi connectivity index (χ1n) is 10.8. The predicted octanol–water partition coefficient (Wildman–Crippen LogP) is 0.585. The zero-order valence-electron chi connectivity index (χ0n) is 18.3. The van der Waals surface area contributed by atoms with E-state index < -0.39 is 37.7 Å². The zero-order valence-corrected chi connectivity index (χ0v) is 20.1. The van der Waals surface area contributed by atoms with Gasteiger partial charge in [-0.2, -0.15) is 0 Å². The van der Waals surface area contributed by atoms with Crippen molar-refractivity contribution >= 4 is 25.5 Å². The number of ether oxygens (including phenoxy) is 1. The number of phosphoric acid groups is 1. The Bertz CT molecular complexity index is 620. The Labute approximate surface area is 188 Å². The molecular weight excluding hydrogens is 447 g/mol. The smallest absolute Gasteiger partial charge is 0.388 e. The number of carbonyl (C=O) groups excluding carboxylic acids is 1. The summed E-state index contributed by atoms with van der Waals surface area (Å²) in [5.74, 6) is 0.487. The summed E-state index contributed by atoms with van der Waals surface area (Å²) in [6.45, 7) is 5.29. The molecule has 31 heavy (non-hydrogen) atoms. The number of aliphatic hydroxyl groups excluding tert-OH is 2. The molecule has 10 nitrogen and oxygen atoms in total. The third-order valence-electron chi connectivity index (χ3n) is 5.92. The van der Waals surface area contributed by atoms with Crippen LogP contribution in [0.3, 0.4) is 0 Å². The molecule has 2 aliphatic heterocycles. The largest absolute Gasteiger partial charge is 0.470 e. The van der Waals surface area contributed by atoms with Gasteiger partial charge in [0.25, 0.3) is 0 Å². The second-order valence-corrected chi connectivity index (χ2v) is 10.7. The van der Waals surface area contributed by atoms with E-state index in [1.165, 1.54) is 0 Å². The number of rotatable bonds is 10. The summed E-state index contributed by atoms with van der Waals surface area (Å²) in [6, 6.07) is -0.192. The first-order valence-corrected chi connectivity index (χ1v) is 13.7. The van der Waals surface area contributed by atoms with Crippen molar-refractivity contribution < 1.29 is 38.6 Å². The molecule has 8 unspecified atom stereocenters. The fraction of sp³-hybridized carbons (Fsp3) is 0.947. The van der Waals surface area contributed by atoms with Gasteiger partial charge < -0.3 is 35.4 Å². The van der Waals surface area contributed by atoms with Crippen LogP contribution in [0.15, 0.2) is 0 Å². The topological polar surface area (TPSA) is 158 Å². The lowest BCUT2D eigenvalue weighted by Gasteiger charge is -2.42. The average Bonchev–Trinajstić information content (AvgIpc) is 2.71. The van der Waals surface area contributed by atoms with Crippen LogP contribution < -0.4 is 10.6 Å². The highest BCUT2D eigenvalue weighted by molar-refractivity contribution is 7.99. The number of amides is 1. The Kier molecular flexibility index (Phi) is 10.7. The lowest BCUT2D eigenvalue weighted by atomic mass is 9.88. The molecular formula is C19H37N2O8PS. The van der Waals surface area contributed by atoms with E-state index in [1.807, 2.05) is 6.92 Å². The van der Waals surface area contributed by atoms with Crippen molar-refractivity contribution in [1.82, 2.24) is 10.6 Å². The second-order valence-electron chi connectivity index (χ2n) is 8.59. The Morgan fingerprint density at radius 1 is 1.35 bits per heavy atom. The Hall–Kier alpha value is -0.230. The van der Waals surface area contributed by atoms with Gasteiger partial charge in [0.2, 0.25) is 5.91 Å². The van der Waals surface area contributed by atoms with Gasteiger partial charge in [-0.05, 0) is 43.9 Å². The molecule has 0 radical (unpaired) electrons. The van der Waals surface area contributed by atoms with Gasteiger partial charge >= 0.3 is 7.82 Å². The molecule has 12 heteroatoms. The molecule has 0 aromatic carbocycles. The molecule has 2 saturated heterocycles. The van der Waals surface area contributed by atoms with Crippen LogP contribution in [-0.4, -0.2) is 81.1 Å². The summed E-state index contributed by atoms with van der Waals surface area (Å²) in [7, 11) is -4.86. The quantitative estimate of drug-likeness (QED) is 0.242. The molecule has 0 aromatic heterocycles. The normalized spacial score (nSPS) is 35.5. The van der Waals surface area contributed by atoms with Crippen LogP contribution in [0.5, 0.6) is 0 Å². The lowest BCUT2D eigenvalue weighted by molar-refractivity contribution is -0.197. The standard InChI is InChI=1S/C19H37N2O8PS/c1-4-5-12-6-7-20-13(9-12)18(24)21-10-11(2)8-14-15(22)16(23)17(19(28-14)31-3)29-30(25,26)27/h11-17,19-20,22-23H,4-10H2,1-3H3,(H,21,24)(H2,25,26,27). The van der Waals surface area contributed by atoms with Crippen molar-refractivity contribution in [3.05, 3.63) is 0 Å². The molecule has 182 valence electrons. The highest BCUT2D eigenvalue weighted by Crippen LogP contribution is 2.43. The number of hydrogen-bond donors (Lipinski definition) is 6. The van der Waals surface area contributed by atoms with Crippen LogP contribution in [0, 0.1) is 11.8 Å². The molecule has 2 rings (SSSR count). The fourth-order valence-corrected chi connectivity index (χ4v) is 5.68. The first-order chi connectivity index (χ1) is 14.6. The Morgan fingerprint density at radius 3 is 2.68 bits per heavy atom. The number of carbonyl (C=O) groups is 1. The van der Waals surface area contributed by atoms with Crippen molar-refractivity contribution in [2.24, 2.45) is 11.8 Å². The third-order valence-corrected chi connectivity index (χ3v) is 7.28. The van der Waals surface area contributed by atoms with E-state index in [9.17, 15) is 19.6 Å². The lowest BCUT2D eigenvalue weighted by Crippen LogP contribution is -2.57. The summed E-state index contributed by atoms with van der Waals surface area (Å²) >= 11 is 1.13. The first kappa shape index (κ1) is 27.0. The minimum atomic E-state index is -4.86. The summed E-state index contributed by atoms with van der Waals surface area (Å²) in [4.78, 5) is 30.7. The molecule has 0 aromatic rings. The predicted molar refractivity (Wildman–Crippen MR) is 117 cm³/mol. The Morgan fingerprint density at radius 2 is 2.06 bits per heavy atom. The van der Waals surface area contributed by atoms with Gasteiger partial charge in [-0.3, -0.25) is 9.32 Å². The maximum Gasteiger partial charge on any atom is 0.470 e. The molecule has 0 bridgehead atoms. The van der Waals surface area contributed by atoms with Crippen molar-refractivity contribution in [3.63, 3.8) is 0 Å². The van der Waals surface area contributed by atoms with Gasteiger partial charge in [0.15, 0.2) is 0 Å². The minimum Gasteiger partial charge on any atom is -0.388 e. The van der Waals surface area contributed by atoms with Crippen molar-refractivity contribution in [3.8, 4) is 0 Å². The molecule has 2 aliphatic rings. The van der Waals surface area contributed by atoms with Crippen molar-refractivity contribution in [2.45, 2.75) is 81.8 Å². The van der Waals surface area contributed by atoms with Crippen LogP contribution in [0.4, 0.5) is 0 Å². The molecule has 0 aliphatic carbocycles. The number of piperidine rings is 1. The van der Waals surface area contributed by atoms with Crippen LogP contribution in [-0.2, 0) is 18.6 Å². The van der Waals surface area contributed by atoms with Crippen molar-refractivity contribution in [1.29, 1.82) is 0 Å². The van der Waals surface area contributed by atoms with Gasteiger partial charge in [-0.15, -0.1) is 11.8 Å². The maximum atomic E-state index is 12.5. The molecule has 2 fully saturated rings. The van der Waals surface area contributed by atoms with E-state index in [4.69, 9.17) is 14.5 Å². The van der Waals surface area contributed by atoms with Gasteiger partial charge in [0.1, 0.15) is 23.7 Å². The van der Waals surface area contributed by atoms with E-state index >= 15 is 0 Å².